The fourth-order valence-corrected chi connectivity index (χ4v) is 4.33. The molecule has 0 N–H and O–H groups in total. The monoisotopic (exact) mass is 461 g/mol. The molecule has 0 unspecified atom stereocenters. The molecule has 0 aromatic heterocycles. The van der Waals surface area contributed by atoms with Gasteiger partial charge in [0, 0.05) is 6.42 Å². The van der Waals surface area contributed by atoms with E-state index in [4.69, 9.17) is 18.9 Å². The topological polar surface area (TPSA) is 91.4 Å². The van der Waals surface area contributed by atoms with Crippen molar-refractivity contribution in [1.29, 1.82) is 0 Å². The molecule has 1 aliphatic heterocycles. The Balaban J connectivity index is 1.48. The van der Waals surface area contributed by atoms with Crippen LogP contribution in [0.15, 0.2) is 30.3 Å². The number of esters is 1. The highest BCUT2D eigenvalue weighted by molar-refractivity contribution is 5.73. The van der Waals surface area contributed by atoms with E-state index in [0.717, 1.165) is 31.2 Å². The molecule has 0 radical (unpaired) electrons. The molecule has 2 fully saturated rings. The van der Waals surface area contributed by atoms with Gasteiger partial charge in [-0.3, -0.25) is 14.5 Å². The van der Waals surface area contributed by atoms with Crippen LogP contribution in [0.2, 0.25) is 0 Å². The van der Waals surface area contributed by atoms with Gasteiger partial charge in [-0.25, -0.2) is 4.79 Å². The average molecular weight is 462 g/mol. The third-order valence-electron chi connectivity index (χ3n) is 6.00. The number of hydrogen-bond donors (Lipinski definition) is 0. The molecule has 1 amide bonds. The molecular weight excluding hydrogens is 426 g/mol. The van der Waals surface area contributed by atoms with E-state index >= 15 is 0 Å². The zero-order valence-corrected chi connectivity index (χ0v) is 19.7. The van der Waals surface area contributed by atoms with Gasteiger partial charge in [0.25, 0.3) is 6.47 Å². The first-order chi connectivity index (χ1) is 15.7. The second-order valence-electron chi connectivity index (χ2n) is 9.78. The molecule has 2 aliphatic rings. The zero-order chi connectivity index (χ0) is 23.8. The number of benzene rings is 1. The van der Waals surface area contributed by atoms with Gasteiger partial charge < -0.3 is 18.9 Å². The Bertz CT molecular complexity index is 784. The van der Waals surface area contributed by atoms with Crippen molar-refractivity contribution >= 4 is 18.5 Å². The summed E-state index contributed by atoms with van der Waals surface area (Å²) < 4.78 is 22.2. The number of rotatable bonds is 8. The van der Waals surface area contributed by atoms with E-state index in [1.165, 1.54) is 0 Å². The summed E-state index contributed by atoms with van der Waals surface area (Å²) in [5.74, 6) is -0.233. The van der Waals surface area contributed by atoms with Gasteiger partial charge >= 0.3 is 12.1 Å². The number of carbonyl (C=O) groups excluding carboxylic acids is 3. The molecule has 0 bridgehead atoms. The van der Waals surface area contributed by atoms with E-state index in [1.807, 2.05) is 51.1 Å². The Morgan fingerprint density at radius 3 is 2.39 bits per heavy atom. The lowest BCUT2D eigenvalue weighted by molar-refractivity contribution is -0.162. The van der Waals surface area contributed by atoms with Crippen LogP contribution in [0.5, 0.6) is 0 Å². The Hall–Kier alpha value is -2.61. The lowest BCUT2D eigenvalue weighted by atomic mass is 9.87. The summed E-state index contributed by atoms with van der Waals surface area (Å²) in [6, 6.07) is 9.24. The predicted octanol–water partition coefficient (Wildman–Crippen LogP) is 3.86. The molecular formula is C25H35NO7. The Labute approximate surface area is 195 Å². The van der Waals surface area contributed by atoms with Gasteiger partial charge in [0.1, 0.15) is 18.3 Å². The summed E-state index contributed by atoms with van der Waals surface area (Å²) >= 11 is 0. The molecule has 3 rings (SSSR count). The van der Waals surface area contributed by atoms with Gasteiger partial charge in [0.2, 0.25) is 0 Å². The number of likely N-dealkylation sites (tertiary alicyclic amines) is 1. The first kappa shape index (κ1) is 25.0. The zero-order valence-electron chi connectivity index (χ0n) is 19.7. The SMILES string of the molecule is CC(C)(C)OC(=O)C1CCC(OC[C@@H]2C[C@H](OC=O)CN2C(=O)OCc2ccccc2)CC1. The highest BCUT2D eigenvalue weighted by Crippen LogP contribution is 2.30. The van der Waals surface area contributed by atoms with Crippen molar-refractivity contribution in [2.75, 3.05) is 13.2 Å². The number of carbonyl (C=O) groups is 3. The fourth-order valence-electron chi connectivity index (χ4n) is 4.33. The van der Waals surface area contributed by atoms with Crippen LogP contribution in [0.25, 0.3) is 0 Å². The Morgan fingerprint density at radius 2 is 1.76 bits per heavy atom. The highest BCUT2D eigenvalue weighted by atomic mass is 16.6. The minimum absolute atomic E-state index is 0.0249. The van der Waals surface area contributed by atoms with Crippen LogP contribution >= 0.6 is 0 Å². The minimum Gasteiger partial charge on any atom is -0.463 e. The summed E-state index contributed by atoms with van der Waals surface area (Å²) in [5.41, 5.74) is 0.422. The summed E-state index contributed by atoms with van der Waals surface area (Å²) in [4.78, 5) is 37.4. The summed E-state index contributed by atoms with van der Waals surface area (Å²) in [7, 11) is 0. The van der Waals surface area contributed by atoms with Gasteiger partial charge in [-0.15, -0.1) is 0 Å². The largest absolute Gasteiger partial charge is 0.463 e. The molecule has 8 heteroatoms. The average Bonchev–Trinajstić information content (AvgIpc) is 3.19. The van der Waals surface area contributed by atoms with Crippen LogP contribution in [-0.2, 0) is 35.1 Å². The molecule has 2 atom stereocenters. The van der Waals surface area contributed by atoms with Gasteiger partial charge in [-0.1, -0.05) is 30.3 Å². The second-order valence-corrected chi connectivity index (χ2v) is 9.78. The summed E-state index contributed by atoms with van der Waals surface area (Å²) in [5, 5.41) is 0. The van der Waals surface area contributed by atoms with Crippen molar-refractivity contribution in [3.05, 3.63) is 35.9 Å². The van der Waals surface area contributed by atoms with E-state index in [1.54, 1.807) is 4.90 Å². The molecule has 1 aromatic rings. The minimum atomic E-state index is -0.481. The van der Waals surface area contributed by atoms with Crippen LogP contribution in [-0.4, -0.2) is 60.4 Å². The van der Waals surface area contributed by atoms with Crippen molar-refractivity contribution in [1.82, 2.24) is 4.90 Å². The lowest BCUT2D eigenvalue weighted by Crippen LogP contribution is -2.40. The Kier molecular flexibility index (Phi) is 8.72. The van der Waals surface area contributed by atoms with Crippen LogP contribution < -0.4 is 0 Å². The maximum absolute atomic E-state index is 12.7. The first-order valence-electron chi connectivity index (χ1n) is 11.7. The molecule has 0 spiro atoms. The molecule has 1 saturated heterocycles. The van der Waals surface area contributed by atoms with Crippen LogP contribution in [0.3, 0.4) is 0 Å². The van der Waals surface area contributed by atoms with E-state index in [9.17, 15) is 14.4 Å². The molecule has 1 aliphatic carbocycles. The summed E-state index contributed by atoms with van der Waals surface area (Å²) in [6.45, 7) is 6.84. The van der Waals surface area contributed by atoms with Gasteiger partial charge in [-0.2, -0.15) is 0 Å². The molecule has 1 heterocycles. The van der Waals surface area contributed by atoms with E-state index in [2.05, 4.69) is 0 Å². The molecule has 1 aromatic carbocycles. The van der Waals surface area contributed by atoms with Crippen LogP contribution in [0, 0.1) is 5.92 Å². The highest BCUT2D eigenvalue weighted by Gasteiger charge is 2.38. The maximum atomic E-state index is 12.7. The Morgan fingerprint density at radius 1 is 1.06 bits per heavy atom. The number of nitrogens with zero attached hydrogens (tertiary/aromatic N) is 1. The van der Waals surface area contributed by atoms with Crippen molar-refractivity contribution in [2.45, 2.75) is 83.3 Å². The van der Waals surface area contributed by atoms with Crippen molar-refractivity contribution < 1.29 is 33.3 Å². The van der Waals surface area contributed by atoms with Crippen LogP contribution in [0.4, 0.5) is 4.79 Å². The van der Waals surface area contributed by atoms with Gasteiger partial charge in [0.15, 0.2) is 0 Å². The standard InChI is InChI=1S/C25H35NO7/c1-25(2,3)33-23(28)19-9-11-21(12-10-19)30-16-20-13-22(32-17-27)14-26(20)24(29)31-15-18-7-5-4-6-8-18/h4-8,17,19-22H,9-16H2,1-3H3/t19?,20-,21?,22-/m0/s1. The summed E-state index contributed by atoms with van der Waals surface area (Å²) in [6.07, 6.45) is 2.70. The molecule has 33 heavy (non-hydrogen) atoms. The lowest BCUT2D eigenvalue weighted by Gasteiger charge is -2.31. The van der Waals surface area contributed by atoms with E-state index in [-0.39, 0.29) is 43.3 Å². The normalized spacial score (nSPS) is 25.4. The van der Waals surface area contributed by atoms with Crippen molar-refractivity contribution in [2.24, 2.45) is 5.92 Å². The third kappa shape index (κ3) is 7.74. The number of amides is 1. The predicted molar refractivity (Wildman–Crippen MR) is 120 cm³/mol. The molecule has 8 nitrogen and oxygen atoms in total. The van der Waals surface area contributed by atoms with Crippen molar-refractivity contribution in [3.8, 4) is 0 Å². The quantitative estimate of drug-likeness (QED) is 0.330. The van der Waals surface area contributed by atoms with E-state index < -0.39 is 11.7 Å². The number of ether oxygens (including phenoxy) is 4. The second kappa shape index (κ2) is 11.5. The van der Waals surface area contributed by atoms with Crippen molar-refractivity contribution in [3.63, 3.8) is 0 Å². The maximum Gasteiger partial charge on any atom is 0.410 e. The fraction of sp³-hybridized carbons (Fsp3) is 0.640. The molecule has 1 saturated carbocycles. The van der Waals surface area contributed by atoms with Crippen LogP contribution in [0.1, 0.15) is 58.4 Å². The third-order valence-corrected chi connectivity index (χ3v) is 6.00. The molecule has 182 valence electrons. The van der Waals surface area contributed by atoms with Gasteiger partial charge in [-0.05, 0) is 52.0 Å². The first-order valence-corrected chi connectivity index (χ1v) is 11.7. The smallest absolute Gasteiger partial charge is 0.410 e. The number of hydrogen-bond acceptors (Lipinski definition) is 7. The van der Waals surface area contributed by atoms with Gasteiger partial charge in [0.05, 0.1) is 31.2 Å². The van der Waals surface area contributed by atoms with E-state index in [0.29, 0.717) is 19.5 Å².